The standard InChI is InChI=1S/C11H12BrN3O2/c1-17-10-6-8(5-9(12)11(10)16)7-15-14-4-2-3-13/h5-7,14,16H,2,4H2,1H3/b15-7+. The van der Waals surface area contributed by atoms with Gasteiger partial charge in [-0.2, -0.15) is 10.4 Å². The van der Waals surface area contributed by atoms with E-state index in [-0.39, 0.29) is 5.75 Å². The number of nitriles is 1. The number of methoxy groups -OCH3 is 1. The van der Waals surface area contributed by atoms with Crippen LogP contribution in [0.3, 0.4) is 0 Å². The lowest BCUT2D eigenvalue weighted by atomic mass is 10.2. The minimum atomic E-state index is 0.0575. The lowest BCUT2D eigenvalue weighted by Crippen LogP contribution is -2.06. The molecule has 0 heterocycles. The van der Waals surface area contributed by atoms with Crippen LogP contribution in [0.15, 0.2) is 21.7 Å². The first-order valence-corrected chi connectivity index (χ1v) is 5.67. The molecule has 0 aliphatic heterocycles. The van der Waals surface area contributed by atoms with E-state index < -0.39 is 0 Å². The molecule has 2 N–H and O–H groups in total. The number of aromatic hydroxyl groups is 1. The van der Waals surface area contributed by atoms with Crippen LogP contribution in [0.5, 0.6) is 11.5 Å². The van der Waals surface area contributed by atoms with Crippen molar-refractivity contribution >= 4 is 22.1 Å². The summed E-state index contributed by atoms with van der Waals surface area (Å²) < 4.78 is 5.54. The van der Waals surface area contributed by atoms with Crippen LogP contribution in [-0.2, 0) is 0 Å². The van der Waals surface area contributed by atoms with Crippen molar-refractivity contribution in [3.05, 3.63) is 22.2 Å². The monoisotopic (exact) mass is 297 g/mol. The zero-order valence-corrected chi connectivity index (χ0v) is 10.9. The van der Waals surface area contributed by atoms with E-state index in [1.807, 2.05) is 6.07 Å². The summed E-state index contributed by atoms with van der Waals surface area (Å²) in [5.41, 5.74) is 3.51. The Kier molecular flexibility index (Phi) is 5.30. The number of benzene rings is 1. The largest absolute Gasteiger partial charge is 0.503 e. The third kappa shape index (κ3) is 3.96. The molecule has 0 unspecified atom stereocenters. The Morgan fingerprint density at radius 2 is 2.41 bits per heavy atom. The molecule has 6 heteroatoms. The molecule has 0 radical (unpaired) electrons. The maximum absolute atomic E-state index is 9.60. The first-order chi connectivity index (χ1) is 8.19. The van der Waals surface area contributed by atoms with Gasteiger partial charge in [0, 0.05) is 6.54 Å². The lowest BCUT2D eigenvalue weighted by molar-refractivity contribution is 0.372. The Hall–Kier alpha value is -1.74. The predicted molar refractivity (Wildman–Crippen MR) is 68.2 cm³/mol. The summed E-state index contributed by atoms with van der Waals surface area (Å²) in [6, 6.07) is 5.38. The number of nitrogens with zero attached hydrogens (tertiary/aromatic N) is 2. The second-order valence-electron chi connectivity index (χ2n) is 3.13. The van der Waals surface area contributed by atoms with Gasteiger partial charge in [-0.25, -0.2) is 0 Å². The first kappa shape index (κ1) is 13.3. The highest BCUT2D eigenvalue weighted by Gasteiger charge is 2.07. The molecule has 0 aliphatic carbocycles. The Bertz CT molecular complexity index is 455. The second-order valence-corrected chi connectivity index (χ2v) is 3.98. The van der Waals surface area contributed by atoms with Crippen LogP contribution < -0.4 is 10.2 Å². The van der Waals surface area contributed by atoms with Crippen LogP contribution in [0.1, 0.15) is 12.0 Å². The van der Waals surface area contributed by atoms with Crippen LogP contribution >= 0.6 is 15.9 Å². The fraction of sp³-hybridized carbons (Fsp3) is 0.273. The minimum Gasteiger partial charge on any atom is -0.503 e. The number of phenolic OH excluding ortho intramolecular Hbond substituents is 1. The highest BCUT2D eigenvalue weighted by atomic mass is 79.9. The second kappa shape index (κ2) is 6.76. The number of hydrazone groups is 1. The van der Waals surface area contributed by atoms with E-state index in [9.17, 15) is 5.11 Å². The molecule has 0 amide bonds. The Morgan fingerprint density at radius 1 is 1.65 bits per heavy atom. The summed E-state index contributed by atoms with van der Waals surface area (Å²) >= 11 is 3.22. The van der Waals surface area contributed by atoms with Gasteiger partial charge in [0.1, 0.15) is 0 Å². The number of hydrogen-bond acceptors (Lipinski definition) is 5. The molecular formula is C11H12BrN3O2. The molecule has 0 bridgehead atoms. The smallest absolute Gasteiger partial charge is 0.172 e. The molecule has 0 atom stereocenters. The van der Waals surface area contributed by atoms with Crippen molar-refractivity contribution in [2.24, 2.45) is 5.10 Å². The van der Waals surface area contributed by atoms with E-state index in [1.54, 1.807) is 18.3 Å². The molecule has 0 spiro atoms. The van der Waals surface area contributed by atoms with E-state index in [0.29, 0.717) is 23.2 Å². The average molecular weight is 298 g/mol. The quantitative estimate of drug-likeness (QED) is 0.495. The number of halogens is 1. The highest BCUT2D eigenvalue weighted by molar-refractivity contribution is 9.10. The maximum atomic E-state index is 9.60. The Labute approximate surface area is 108 Å². The molecule has 0 fully saturated rings. The van der Waals surface area contributed by atoms with Crippen molar-refractivity contribution in [3.8, 4) is 17.6 Å². The summed E-state index contributed by atoms with van der Waals surface area (Å²) in [6.45, 7) is 0.503. The van der Waals surface area contributed by atoms with Crippen molar-refractivity contribution in [1.82, 2.24) is 5.43 Å². The fourth-order valence-corrected chi connectivity index (χ4v) is 1.58. The molecule has 1 rings (SSSR count). The van der Waals surface area contributed by atoms with Gasteiger partial charge in [0.05, 0.1) is 30.3 Å². The van der Waals surface area contributed by atoms with Gasteiger partial charge in [-0.05, 0) is 33.6 Å². The molecule has 90 valence electrons. The Balaban J connectivity index is 2.72. The lowest BCUT2D eigenvalue weighted by Gasteiger charge is -2.06. The summed E-state index contributed by atoms with van der Waals surface area (Å²) in [6.07, 6.45) is 1.99. The topological polar surface area (TPSA) is 77.6 Å². The fourth-order valence-electron chi connectivity index (χ4n) is 1.12. The molecule has 0 aliphatic rings. The summed E-state index contributed by atoms with van der Waals surface area (Å²) in [7, 11) is 1.48. The Morgan fingerprint density at radius 3 is 3.06 bits per heavy atom. The summed E-state index contributed by atoms with van der Waals surface area (Å²) in [5, 5.41) is 21.9. The van der Waals surface area contributed by atoms with Gasteiger partial charge < -0.3 is 15.3 Å². The molecule has 0 saturated heterocycles. The van der Waals surface area contributed by atoms with Gasteiger partial charge in [0.15, 0.2) is 11.5 Å². The van der Waals surface area contributed by atoms with Crippen LogP contribution in [-0.4, -0.2) is 25.0 Å². The van der Waals surface area contributed by atoms with E-state index in [0.717, 1.165) is 5.56 Å². The van der Waals surface area contributed by atoms with Crippen molar-refractivity contribution in [3.63, 3.8) is 0 Å². The molecule has 1 aromatic rings. The molecule has 0 aromatic heterocycles. The predicted octanol–water partition coefficient (Wildman–Crippen LogP) is 2.00. The summed E-state index contributed by atoms with van der Waals surface area (Å²) in [5.74, 6) is 0.430. The average Bonchev–Trinajstić information content (AvgIpc) is 2.33. The molecule has 5 nitrogen and oxygen atoms in total. The maximum Gasteiger partial charge on any atom is 0.172 e. The van der Waals surface area contributed by atoms with E-state index >= 15 is 0 Å². The summed E-state index contributed by atoms with van der Waals surface area (Å²) in [4.78, 5) is 0. The third-order valence-corrected chi connectivity index (χ3v) is 2.53. The molecule has 1 aromatic carbocycles. The number of nitrogens with one attached hydrogen (secondary N) is 1. The van der Waals surface area contributed by atoms with Gasteiger partial charge in [-0.3, -0.25) is 0 Å². The first-order valence-electron chi connectivity index (χ1n) is 4.88. The number of rotatable bonds is 5. The van der Waals surface area contributed by atoms with Gasteiger partial charge in [-0.15, -0.1) is 0 Å². The van der Waals surface area contributed by atoms with Gasteiger partial charge >= 0.3 is 0 Å². The number of ether oxygens (including phenoxy) is 1. The van der Waals surface area contributed by atoms with Crippen LogP contribution in [0.2, 0.25) is 0 Å². The van der Waals surface area contributed by atoms with E-state index in [4.69, 9.17) is 10.00 Å². The number of hydrogen-bond donors (Lipinski definition) is 2. The number of phenols is 1. The zero-order chi connectivity index (χ0) is 12.7. The normalized spacial score (nSPS) is 10.2. The van der Waals surface area contributed by atoms with Crippen molar-refractivity contribution < 1.29 is 9.84 Å². The molecule has 17 heavy (non-hydrogen) atoms. The zero-order valence-electron chi connectivity index (χ0n) is 9.27. The SMILES string of the molecule is COc1cc(/C=N/NCCC#N)cc(Br)c1O. The van der Waals surface area contributed by atoms with Gasteiger partial charge in [0.25, 0.3) is 0 Å². The molecular weight excluding hydrogens is 286 g/mol. The van der Waals surface area contributed by atoms with E-state index in [1.165, 1.54) is 7.11 Å². The minimum absolute atomic E-state index is 0.0575. The molecule has 0 saturated carbocycles. The van der Waals surface area contributed by atoms with Gasteiger partial charge in [-0.1, -0.05) is 0 Å². The van der Waals surface area contributed by atoms with Crippen molar-refractivity contribution in [1.29, 1.82) is 5.26 Å². The van der Waals surface area contributed by atoms with Crippen molar-refractivity contribution in [2.75, 3.05) is 13.7 Å². The van der Waals surface area contributed by atoms with Crippen LogP contribution in [0.25, 0.3) is 0 Å². The van der Waals surface area contributed by atoms with E-state index in [2.05, 4.69) is 26.5 Å². The highest BCUT2D eigenvalue weighted by Crippen LogP contribution is 2.34. The van der Waals surface area contributed by atoms with Gasteiger partial charge in [0.2, 0.25) is 0 Å². The third-order valence-electron chi connectivity index (χ3n) is 1.92. The van der Waals surface area contributed by atoms with Crippen LogP contribution in [0, 0.1) is 11.3 Å². The van der Waals surface area contributed by atoms with Crippen LogP contribution in [0.4, 0.5) is 0 Å². The van der Waals surface area contributed by atoms with Crippen molar-refractivity contribution in [2.45, 2.75) is 6.42 Å².